The molecule has 3 atom stereocenters. The SMILES string of the molecule is CC(C)CN1CCC[C@@H]1CNC(=O)N1CCC(C)C(O)C1. The molecule has 122 valence electrons. The molecular weight excluding hydrogens is 266 g/mol. The fourth-order valence-corrected chi connectivity index (χ4v) is 3.39. The summed E-state index contributed by atoms with van der Waals surface area (Å²) in [5.74, 6) is 0.963. The largest absolute Gasteiger partial charge is 0.391 e. The van der Waals surface area contributed by atoms with E-state index in [1.807, 2.05) is 6.92 Å². The van der Waals surface area contributed by atoms with Gasteiger partial charge in [-0.2, -0.15) is 0 Å². The first-order valence-corrected chi connectivity index (χ1v) is 8.42. The van der Waals surface area contributed by atoms with Crippen LogP contribution in [-0.2, 0) is 0 Å². The fourth-order valence-electron chi connectivity index (χ4n) is 3.39. The molecule has 0 radical (unpaired) electrons. The molecule has 0 aliphatic carbocycles. The van der Waals surface area contributed by atoms with Crippen LogP contribution in [0.4, 0.5) is 4.79 Å². The first-order valence-electron chi connectivity index (χ1n) is 8.42. The van der Waals surface area contributed by atoms with Crippen molar-refractivity contribution >= 4 is 6.03 Å². The molecule has 2 N–H and O–H groups in total. The highest BCUT2D eigenvalue weighted by Crippen LogP contribution is 2.19. The molecule has 0 aromatic carbocycles. The number of carbonyl (C=O) groups is 1. The Hall–Kier alpha value is -0.810. The highest BCUT2D eigenvalue weighted by atomic mass is 16.3. The fraction of sp³-hybridized carbons (Fsp3) is 0.938. The van der Waals surface area contributed by atoms with E-state index in [2.05, 4.69) is 24.1 Å². The van der Waals surface area contributed by atoms with E-state index in [9.17, 15) is 9.90 Å². The van der Waals surface area contributed by atoms with Gasteiger partial charge in [-0.1, -0.05) is 20.8 Å². The van der Waals surface area contributed by atoms with Gasteiger partial charge in [-0.25, -0.2) is 4.79 Å². The number of piperidine rings is 1. The van der Waals surface area contributed by atoms with Crippen LogP contribution >= 0.6 is 0 Å². The molecule has 2 unspecified atom stereocenters. The summed E-state index contributed by atoms with van der Waals surface area (Å²) in [5.41, 5.74) is 0. The number of nitrogens with one attached hydrogen (secondary N) is 1. The molecule has 0 saturated carbocycles. The third-order valence-electron chi connectivity index (χ3n) is 4.79. The van der Waals surface area contributed by atoms with Crippen molar-refractivity contribution in [3.05, 3.63) is 0 Å². The first-order chi connectivity index (χ1) is 9.97. The Bertz CT molecular complexity index is 348. The Kier molecular flexibility index (Phi) is 5.88. The molecule has 0 aromatic heterocycles. The summed E-state index contributed by atoms with van der Waals surface area (Å²) in [6, 6.07) is 0.460. The molecule has 5 nitrogen and oxygen atoms in total. The van der Waals surface area contributed by atoms with Crippen LogP contribution in [0.25, 0.3) is 0 Å². The molecule has 5 heteroatoms. The van der Waals surface area contributed by atoms with Gasteiger partial charge in [-0.3, -0.25) is 4.90 Å². The van der Waals surface area contributed by atoms with E-state index in [1.54, 1.807) is 4.90 Å². The summed E-state index contributed by atoms with van der Waals surface area (Å²) in [4.78, 5) is 16.5. The smallest absolute Gasteiger partial charge is 0.317 e. The van der Waals surface area contributed by atoms with Crippen LogP contribution in [-0.4, -0.2) is 65.8 Å². The van der Waals surface area contributed by atoms with Gasteiger partial charge in [0.05, 0.1) is 6.10 Å². The molecule has 0 aromatic rings. The average Bonchev–Trinajstić information content (AvgIpc) is 2.85. The van der Waals surface area contributed by atoms with Crippen LogP contribution in [0, 0.1) is 11.8 Å². The normalized spacial score (nSPS) is 30.9. The molecule has 2 heterocycles. The van der Waals surface area contributed by atoms with Gasteiger partial charge in [0.1, 0.15) is 0 Å². The Morgan fingerprint density at radius 2 is 2.10 bits per heavy atom. The lowest BCUT2D eigenvalue weighted by Gasteiger charge is -2.35. The number of urea groups is 1. The van der Waals surface area contributed by atoms with Crippen LogP contribution in [0.2, 0.25) is 0 Å². The molecule has 2 amide bonds. The number of nitrogens with zero attached hydrogens (tertiary/aromatic N) is 2. The van der Waals surface area contributed by atoms with E-state index in [4.69, 9.17) is 0 Å². The number of aliphatic hydroxyl groups is 1. The lowest BCUT2D eigenvalue weighted by atomic mass is 9.96. The predicted octanol–water partition coefficient (Wildman–Crippen LogP) is 1.52. The maximum Gasteiger partial charge on any atom is 0.317 e. The standard InChI is InChI=1S/C16H31N3O2/c1-12(2)10-18-7-4-5-14(18)9-17-16(21)19-8-6-13(3)15(20)11-19/h12-15,20H,4-11H2,1-3H3,(H,17,21)/t13?,14-,15?/m1/s1. The maximum atomic E-state index is 12.2. The van der Waals surface area contributed by atoms with Crippen molar-refractivity contribution in [2.24, 2.45) is 11.8 Å². The van der Waals surface area contributed by atoms with E-state index < -0.39 is 0 Å². The number of hydrogen-bond donors (Lipinski definition) is 2. The second kappa shape index (κ2) is 7.45. The molecule has 0 bridgehead atoms. The minimum atomic E-state index is -0.381. The lowest BCUT2D eigenvalue weighted by molar-refractivity contribution is 0.0432. The van der Waals surface area contributed by atoms with Crippen molar-refractivity contribution in [3.63, 3.8) is 0 Å². The summed E-state index contributed by atoms with van der Waals surface area (Å²) in [7, 11) is 0. The predicted molar refractivity (Wildman–Crippen MR) is 84.2 cm³/mol. The molecule has 0 spiro atoms. The van der Waals surface area contributed by atoms with Crippen molar-refractivity contribution < 1.29 is 9.90 Å². The first kappa shape index (κ1) is 16.6. The Labute approximate surface area is 128 Å². The Balaban J connectivity index is 1.76. The van der Waals surface area contributed by atoms with Crippen molar-refractivity contribution in [2.45, 2.75) is 52.2 Å². The summed E-state index contributed by atoms with van der Waals surface area (Å²) in [6.07, 6.45) is 2.91. The van der Waals surface area contributed by atoms with Crippen LogP contribution in [0.1, 0.15) is 40.0 Å². The van der Waals surface area contributed by atoms with E-state index in [0.29, 0.717) is 24.4 Å². The van der Waals surface area contributed by atoms with Gasteiger partial charge < -0.3 is 15.3 Å². The number of amides is 2. The second-order valence-corrected chi connectivity index (χ2v) is 7.15. The van der Waals surface area contributed by atoms with Crippen molar-refractivity contribution in [2.75, 3.05) is 32.7 Å². The number of aliphatic hydroxyl groups excluding tert-OH is 1. The third-order valence-corrected chi connectivity index (χ3v) is 4.79. The molecule has 2 fully saturated rings. The lowest BCUT2D eigenvalue weighted by Crippen LogP contribution is -2.51. The molecular formula is C16H31N3O2. The number of likely N-dealkylation sites (tertiary alicyclic amines) is 2. The van der Waals surface area contributed by atoms with Crippen LogP contribution in [0.5, 0.6) is 0 Å². The summed E-state index contributed by atoms with van der Waals surface area (Å²) < 4.78 is 0. The van der Waals surface area contributed by atoms with Gasteiger partial charge in [0.15, 0.2) is 0 Å². The van der Waals surface area contributed by atoms with Gasteiger partial charge in [-0.15, -0.1) is 0 Å². The molecule has 2 saturated heterocycles. The van der Waals surface area contributed by atoms with Crippen molar-refractivity contribution in [1.29, 1.82) is 0 Å². The van der Waals surface area contributed by atoms with E-state index >= 15 is 0 Å². The number of β-amino-alcohol motifs (C(OH)–C–C–N with tert-alkyl or cyclic N) is 1. The summed E-state index contributed by atoms with van der Waals surface area (Å²) in [6.45, 7) is 10.7. The van der Waals surface area contributed by atoms with Gasteiger partial charge >= 0.3 is 6.03 Å². The highest BCUT2D eigenvalue weighted by Gasteiger charge is 2.29. The van der Waals surface area contributed by atoms with Crippen LogP contribution < -0.4 is 5.32 Å². The minimum Gasteiger partial charge on any atom is -0.391 e. The summed E-state index contributed by atoms with van der Waals surface area (Å²) >= 11 is 0. The Morgan fingerprint density at radius 3 is 2.76 bits per heavy atom. The average molecular weight is 297 g/mol. The van der Waals surface area contributed by atoms with Gasteiger partial charge in [0, 0.05) is 32.2 Å². The minimum absolute atomic E-state index is 0.0163. The zero-order valence-electron chi connectivity index (χ0n) is 13.7. The molecule has 2 rings (SSSR count). The highest BCUT2D eigenvalue weighted by molar-refractivity contribution is 5.74. The van der Waals surface area contributed by atoms with Crippen molar-refractivity contribution in [1.82, 2.24) is 15.1 Å². The zero-order chi connectivity index (χ0) is 15.4. The van der Waals surface area contributed by atoms with Gasteiger partial charge in [0.25, 0.3) is 0 Å². The molecule has 2 aliphatic rings. The van der Waals surface area contributed by atoms with Crippen molar-refractivity contribution in [3.8, 4) is 0 Å². The van der Waals surface area contributed by atoms with Gasteiger partial charge in [-0.05, 0) is 37.6 Å². The quantitative estimate of drug-likeness (QED) is 0.827. The Morgan fingerprint density at radius 1 is 1.33 bits per heavy atom. The number of carbonyl (C=O) groups excluding carboxylic acids is 1. The summed E-state index contributed by atoms with van der Waals surface area (Å²) in [5, 5.41) is 13.0. The molecule has 2 aliphatic heterocycles. The van der Waals surface area contributed by atoms with E-state index in [-0.39, 0.29) is 12.1 Å². The van der Waals surface area contributed by atoms with E-state index in [0.717, 1.165) is 32.6 Å². The zero-order valence-corrected chi connectivity index (χ0v) is 13.7. The second-order valence-electron chi connectivity index (χ2n) is 7.15. The van der Waals surface area contributed by atoms with Crippen LogP contribution in [0.15, 0.2) is 0 Å². The number of hydrogen-bond acceptors (Lipinski definition) is 3. The topological polar surface area (TPSA) is 55.8 Å². The van der Waals surface area contributed by atoms with Gasteiger partial charge in [0.2, 0.25) is 0 Å². The monoisotopic (exact) mass is 297 g/mol. The van der Waals surface area contributed by atoms with E-state index in [1.165, 1.54) is 12.8 Å². The third kappa shape index (κ3) is 4.58. The maximum absolute atomic E-state index is 12.2. The molecule has 21 heavy (non-hydrogen) atoms. The number of rotatable bonds is 4. The van der Waals surface area contributed by atoms with Crippen LogP contribution in [0.3, 0.4) is 0 Å².